The van der Waals surface area contributed by atoms with E-state index in [2.05, 4.69) is 0 Å². The number of ether oxygens (including phenoxy) is 1. The molecule has 0 atom stereocenters. The van der Waals surface area contributed by atoms with E-state index in [0.717, 1.165) is 12.1 Å². The Labute approximate surface area is 104 Å². The Hall–Kier alpha value is -1.43. The third-order valence-corrected chi connectivity index (χ3v) is 2.54. The summed E-state index contributed by atoms with van der Waals surface area (Å²) in [5.74, 6) is 0. The van der Waals surface area contributed by atoms with Crippen molar-refractivity contribution in [3.05, 3.63) is 23.8 Å². The van der Waals surface area contributed by atoms with Gasteiger partial charge < -0.3 is 15.4 Å². The van der Waals surface area contributed by atoms with Crippen LogP contribution < -0.4 is 10.6 Å². The average molecular weight is 262 g/mol. The highest BCUT2D eigenvalue weighted by Gasteiger charge is 2.30. The van der Waals surface area contributed by atoms with E-state index in [1.807, 2.05) is 6.92 Å². The number of hydrogen-bond acceptors (Lipinski definition) is 3. The number of rotatable bonds is 5. The van der Waals surface area contributed by atoms with Crippen LogP contribution in [0.15, 0.2) is 18.2 Å². The molecule has 102 valence electrons. The van der Waals surface area contributed by atoms with E-state index in [1.165, 1.54) is 6.07 Å². The number of likely N-dealkylation sites (N-methyl/N-ethyl adjacent to an activating group) is 1. The van der Waals surface area contributed by atoms with Crippen LogP contribution in [0.2, 0.25) is 0 Å². The fraction of sp³-hybridized carbons (Fsp3) is 0.500. The van der Waals surface area contributed by atoms with E-state index in [0.29, 0.717) is 25.4 Å². The van der Waals surface area contributed by atoms with E-state index in [-0.39, 0.29) is 5.69 Å². The maximum absolute atomic E-state index is 12.5. The lowest BCUT2D eigenvalue weighted by atomic mass is 10.1. The molecule has 0 unspecified atom stereocenters. The maximum atomic E-state index is 12.5. The molecule has 18 heavy (non-hydrogen) atoms. The van der Waals surface area contributed by atoms with Gasteiger partial charge in [0.2, 0.25) is 0 Å². The fourth-order valence-electron chi connectivity index (χ4n) is 1.54. The quantitative estimate of drug-likeness (QED) is 0.655. The Morgan fingerprint density at radius 1 is 1.33 bits per heavy atom. The van der Waals surface area contributed by atoms with Crippen LogP contribution in [0, 0.1) is 0 Å². The molecule has 2 N–H and O–H groups in total. The molecule has 0 saturated heterocycles. The van der Waals surface area contributed by atoms with Crippen LogP contribution in [-0.4, -0.2) is 26.8 Å². The van der Waals surface area contributed by atoms with Gasteiger partial charge in [-0.25, -0.2) is 0 Å². The molecule has 0 aliphatic heterocycles. The van der Waals surface area contributed by atoms with Crippen molar-refractivity contribution in [1.29, 1.82) is 0 Å². The van der Waals surface area contributed by atoms with Gasteiger partial charge in [0.15, 0.2) is 0 Å². The zero-order chi connectivity index (χ0) is 13.8. The third kappa shape index (κ3) is 3.80. The van der Waals surface area contributed by atoms with Gasteiger partial charge in [-0.1, -0.05) is 0 Å². The first kappa shape index (κ1) is 14.6. The monoisotopic (exact) mass is 262 g/mol. The molecule has 1 aromatic carbocycles. The highest BCUT2D eigenvalue weighted by Crippen LogP contribution is 2.33. The van der Waals surface area contributed by atoms with E-state index in [1.54, 1.807) is 11.9 Å². The minimum absolute atomic E-state index is 0.115. The molecule has 3 nitrogen and oxygen atoms in total. The molecule has 1 rings (SSSR count). The lowest BCUT2D eigenvalue weighted by molar-refractivity contribution is -0.137. The fourth-order valence-corrected chi connectivity index (χ4v) is 1.54. The molecule has 1 aromatic rings. The smallest absolute Gasteiger partial charge is 0.397 e. The predicted molar refractivity (Wildman–Crippen MR) is 65.6 cm³/mol. The van der Waals surface area contributed by atoms with Gasteiger partial charge in [0, 0.05) is 20.2 Å². The summed E-state index contributed by atoms with van der Waals surface area (Å²) >= 11 is 0. The zero-order valence-corrected chi connectivity index (χ0v) is 10.4. The molecule has 0 fully saturated rings. The number of nitrogen functional groups attached to an aromatic ring is 1. The van der Waals surface area contributed by atoms with E-state index in [9.17, 15) is 13.2 Å². The van der Waals surface area contributed by atoms with E-state index < -0.39 is 11.7 Å². The first-order chi connectivity index (χ1) is 8.36. The minimum Gasteiger partial charge on any atom is -0.397 e. The van der Waals surface area contributed by atoms with Crippen LogP contribution >= 0.6 is 0 Å². The average Bonchev–Trinajstić information content (AvgIpc) is 2.27. The molecule has 0 spiro atoms. The van der Waals surface area contributed by atoms with Crippen molar-refractivity contribution in [1.82, 2.24) is 0 Å². The Balaban J connectivity index is 2.79. The summed E-state index contributed by atoms with van der Waals surface area (Å²) in [5.41, 5.74) is 5.59. The second kappa shape index (κ2) is 5.95. The van der Waals surface area contributed by atoms with Crippen molar-refractivity contribution in [3.63, 3.8) is 0 Å². The van der Waals surface area contributed by atoms with E-state index >= 15 is 0 Å². The Morgan fingerprint density at radius 2 is 2.00 bits per heavy atom. The molecule has 6 heteroatoms. The first-order valence-electron chi connectivity index (χ1n) is 5.62. The molecule has 0 bridgehead atoms. The summed E-state index contributed by atoms with van der Waals surface area (Å²) in [4.78, 5) is 1.77. The molecule has 0 radical (unpaired) electrons. The van der Waals surface area contributed by atoms with Crippen LogP contribution in [-0.2, 0) is 10.9 Å². The zero-order valence-electron chi connectivity index (χ0n) is 10.4. The molecular formula is C12H17F3N2O. The lowest BCUT2D eigenvalue weighted by Crippen LogP contribution is -2.23. The van der Waals surface area contributed by atoms with Crippen molar-refractivity contribution in [2.75, 3.05) is 37.4 Å². The number of halogens is 3. The highest BCUT2D eigenvalue weighted by atomic mass is 19.4. The van der Waals surface area contributed by atoms with Crippen molar-refractivity contribution in [2.24, 2.45) is 0 Å². The van der Waals surface area contributed by atoms with Gasteiger partial charge in [0.05, 0.1) is 23.5 Å². The normalized spacial score (nSPS) is 11.6. The number of hydrogen-bond donors (Lipinski definition) is 1. The summed E-state index contributed by atoms with van der Waals surface area (Å²) in [6.07, 6.45) is -4.36. The maximum Gasteiger partial charge on any atom is 0.416 e. The van der Waals surface area contributed by atoms with Crippen LogP contribution in [0.25, 0.3) is 0 Å². The molecular weight excluding hydrogens is 245 g/mol. The molecule has 0 saturated carbocycles. The summed E-state index contributed by atoms with van der Waals surface area (Å²) in [7, 11) is 1.76. The molecule has 0 aliphatic carbocycles. The van der Waals surface area contributed by atoms with Crippen LogP contribution in [0.1, 0.15) is 12.5 Å². The van der Waals surface area contributed by atoms with Gasteiger partial charge in [-0.3, -0.25) is 0 Å². The van der Waals surface area contributed by atoms with Crippen molar-refractivity contribution >= 4 is 11.4 Å². The lowest BCUT2D eigenvalue weighted by Gasteiger charge is -2.21. The van der Waals surface area contributed by atoms with Crippen molar-refractivity contribution in [3.8, 4) is 0 Å². The van der Waals surface area contributed by atoms with Crippen LogP contribution in [0.5, 0.6) is 0 Å². The molecule has 0 aromatic heterocycles. The van der Waals surface area contributed by atoms with Gasteiger partial charge in [-0.2, -0.15) is 13.2 Å². The second-order valence-corrected chi connectivity index (χ2v) is 3.89. The first-order valence-corrected chi connectivity index (χ1v) is 5.62. The largest absolute Gasteiger partial charge is 0.416 e. The number of alkyl halides is 3. The van der Waals surface area contributed by atoms with Crippen LogP contribution in [0.4, 0.5) is 24.5 Å². The van der Waals surface area contributed by atoms with Gasteiger partial charge in [0.25, 0.3) is 0 Å². The van der Waals surface area contributed by atoms with Crippen LogP contribution in [0.3, 0.4) is 0 Å². The predicted octanol–water partition coefficient (Wildman–Crippen LogP) is 2.76. The van der Waals surface area contributed by atoms with Gasteiger partial charge in [0.1, 0.15) is 0 Å². The third-order valence-electron chi connectivity index (χ3n) is 2.54. The van der Waals surface area contributed by atoms with Gasteiger partial charge >= 0.3 is 6.18 Å². The standard InChI is InChI=1S/C12H17F3N2O/c1-3-18-7-6-17(2)11-5-4-9(8-10(11)16)12(13,14)15/h4-5,8H,3,6-7,16H2,1-2H3. The Bertz CT molecular complexity index is 393. The number of nitrogens with zero attached hydrogens (tertiary/aromatic N) is 1. The summed E-state index contributed by atoms with van der Waals surface area (Å²) < 4.78 is 42.6. The Kier molecular flexibility index (Phi) is 4.84. The SMILES string of the molecule is CCOCCN(C)c1ccc(C(F)(F)F)cc1N. The highest BCUT2D eigenvalue weighted by molar-refractivity contribution is 5.68. The molecule has 0 aliphatic rings. The van der Waals surface area contributed by atoms with E-state index in [4.69, 9.17) is 10.5 Å². The summed E-state index contributed by atoms with van der Waals surface area (Å²) in [6.45, 7) is 3.57. The topological polar surface area (TPSA) is 38.5 Å². The van der Waals surface area contributed by atoms with Gasteiger partial charge in [-0.05, 0) is 25.1 Å². The number of nitrogens with two attached hydrogens (primary N) is 1. The second-order valence-electron chi connectivity index (χ2n) is 3.89. The number of benzene rings is 1. The molecule has 0 heterocycles. The molecule has 0 amide bonds. The van der Waals surface area contributed by atoms with Gasteiger partial charge in [-0.15, -0.1) is 0 Å². The Morgan fingerprint density at radius 3 is 2.50 bits per heavy atom. The summed E-state index contributed by atoms with van der Waals surface area (Å²) in [5, 5.41) is 0. The number of anilines is 2. The summed E-state index contributed by atoms with van der Waals surface area (Å²) in [6, 6.07) is 3.36. The van der Waals surface area contributed by atoms with Crippen molar-refractivity contribution < 1.29 is 17.9 Å². The minimum atomic E-state index is -4.36. The van der Waals surface area contributed by atoms with Crippen molar-refractivity contribution in [2.45, 2.75) is 13.1 Å².